The number of halogens is 2. The van der Waals surface area contributed by atoms with Crippen molar-refractivity contribution in [3.63, 3.8) is 0 Å². The number of nitrogens with zero attached hydrogens (tertiary/aromatic N) is 5. The minimum absolute atomic E-state index is 0.281. The predicted octanol–water partition coefficient (Wildman–Crippen LogP) is 4.33. The Hall–Kier alpha value is -2.91. The minimum Gasteiger partial charge on any atom is -0.491 e. The van der Waals surface area contributed by atoms with Crippen LogP contribution >= 0.6 is 23.2 Å². The van der Waals surface area contributed by atoms with Gasteiger partial charge in [-0.25, -0.2) is 14.6 Å². The molecule has 4 aromatic rings. The summed E-state index contributed by atoms with van der Waals surface area (Å²) in [4.78, 5) is 8.37. The fourth-order valence-electron chi connectivity index (χ4n) is 3.76. The molecule has 0 spiro atoms. The Morgan fingerprint density at radius 1 is 1.15 bits per heavy atom. The number of aryl methyl sites for hydroxylation is 1. The van der Waals surface area contributed by atoms with Gasteiger partial charge in [-0.2, -0.15) is 5.10 Å². The topological polar surface area (TPSA) is 76.2 Å². The average Bonchev–Trinajstić information content (AvgIpc) is 3.55. The summed E-state index contributed by atoms with van der Waals surface area (Å²) < 4.78 is 22.1. The van der Waals surface area contributed by atoms with Gasteiger partial charge >= 0.3 is 0 Å². The maximum atomic E-state index is 6.50. The molecule has 1 aliphatic heterocycles. The van der Waals surface area contributed by atoms with Crippen LogP contribution in [0.1, 0.15) is 5.56 Å². The Morgan fingerprint density at radius 2 is 2.00 bits per heavy atom. The highest BCUT2D eigenvalue weighted by atomic mass is 35.5. The van der Waals surface area contributed by atoms with Crippen LogP contribution in [0.15, 0.2) is 67.6 Å². The first-order valence-electron chi connectivity index (χ1n) is 10.3. The monoisotopic (exact) mass is 485 g/mol. The number of rotatable bonds is 7. The van der Waals surface area contributed by atoms with E-state index in [0.29, 0.717) is 28.8 Å². The van der Waals surface area contributed by atoms with Gasteiger partial charge in [0.2, 0.25) is 5.79 Å². The van der Waals surface area contributed by atoms with E-state index in [1.54, 1.807) is 35.5 Å². The fraction of sp³-hybridized carbons (Fsp3) is 0.261. The highest BCUT2D eigenvalue weighted by Crippen LogP contribution is 2.40. The molecule has 0 amide bonds. The molecule has 0 unspecified atom stereocenters. The zero-order valence-electron chi connectivity index (χ0n) is 17.8. The molecule has 8 nitrogen and oxygen atoms in total. The molecular weight excluding hydrogens is 465 g/mol. The van der Waals surface area contributed by atoms with E-state index in [9.17, 15) is 0 Å². The van der Waals surface area contributed by atoms with E-state index in [-0.39, 0.29) is 12.6 Å². The standard InChI is InChI=1S/C23H21Cl2N5O3/c1-29-9-22(27-15-29)16-2-5-18(6-3-16)31-10-19-11-32-23(33-19,12-30-14-26-13-28-30)20-7-4-17(24)8-21(20)25/h2-9,13-15,19H,10-12H2,1H3/t19-,23-/m1/s1. The van der Waals surface area contributed by atoms with Crippen molar-refractivity contribution in [1.82, 2.24) is 24.3 Å². The zero-order valence-corrected chi connectivity index (χ0v) is 19.3. The molecule has 1 fully saturated rings. The third-order valence-electron chi connectivity index (χ3n) is 5.33. The molecule has 10 heteroatoms. The molecule has 2 aromatic carbocycles. The van der Waals surface area contributed by atoms with Crippen LogP contribution in [0, 0.1) is 0 Å². The number of hydrogen-bond donors (Lipinski definition) is 0. The van der Waals surface area contributed by atoms with Crippen molar-refractivity contribution in [3.05, 3.63) is 83.3 Å². The summed E-state index contributed by atoms with van der Waals surface area (Å²) in [5, 5.41) is 5.18. The first-order chi connectivity index (χ1) is 16.0. The van der Waals surface area contributed by atoms with Crippen LogP contribution in [0.25, 0.3) is 11.3 Å². The van der Waals surface area contributed by atoms with E-state index in [4.69, 9.17) is 37.4 Å². The molecule has 0 bridgehead atoms. The molecule has 33 heavy (non-hydrogen) atoms. The number of ether oxygens (including phenoxy) is 3. The van der Waals surface area contributed by atoms with E-state index in [1.807, 2.05) is 42.1 Å². The van der Waals surface area contributed by atoms with Crippen molar-refractivity contribution in [2.45, 2.75) is 18.4 Å². The number of benzene rings is 2. The molecule has 170 valence electrons. The molecule has 0 N–H and O–H groups in total. The SMILES string of the molecule is Cn1cnc(-c2ccc(OC[C@@H]3CO[C@@](Cn4cncn4)(c4ccc(Cl)cc4Cl)O3)cc2)c1. The van der Waals surface area contributed by atoms with E-state index < -0.39 is 5.79 Å². The second kappa shape index (κ2) is 9.15. The highest BCUT2D eigenvalue weighted by Gasteiger charge is 2.45. The summed E-state index contributed by atoms with van der Waals surface area (Å²) >= 11 is 12.6. The fourth-order valence-corrected chi connectivity index (χ4v) is 4.31. The molecule has 0 saturated carbocycles. The Balaban J connectivity index is 1.29. The zero-order chi connectivity index (χ0) is 22.8. The Bertz CT molecular complexity index is 1230. The Kier molecular flexibility index (Phi) is 6.07. The van der Waals surface area contributed by atoms with Crippen LogP contribution in [0.2, 0.25) is 10.0 Å². The van der Waals surface area contributed by atoms with E-state index >= 15 is 0 Å². The van der Waals surface area contributed by atoms with Crippen molar-refractivity contribution in [3.8, 4) is 17.0 Å². The lowest BCUT2D eigenvalue weighted by atomic mass is 10.1. The lowest BCUT2D eigenvalue weighted by Gasteiger charge is -2.29. The van der Waals surface area contributed by atoms with Crippen LogP contribution in [0.3, 0.4) is 0 Å². The third-order valence-corrected chi connectivity index (χ3v) is 5.88. The van der Waals surface area contributed by atoms with Crippen LogP contribution < -0.4 is 4.74 Å². The molecular formula is C23H21Cl2N5O3. The Morgan fingerprint density at radius 3 is 2.70 bits per heavy atom. The number of hydrogen-bond acceptors (Lipinski definition) is 6. The van der Waals surface area contributed by atoms with Crippen molar-refractivity contribution in [1.29, 1.82) is 0 Å². The van der Waals surface area contributed by atoms with Crippen LogP contribution in [-0.2, 0) is 28.9 Å². The average molecular weight is 486 g/mol. The predicted molar refractivity (Wildman–Crippen MR) is 123 cm³/mol. The van der Waals surface area contributed by atoms with Gasteiger partial charge in [0, 0.05) is 29.4 Å². The molecule has 2 atom stereocenters. The van der Waals surface area contributed by atoms with E-state index in [1.165, 1.54) is 6.33 Å². The van der Waals surface area contributed by atoms with E-state index in [2.05, 4.69) is 15.1 Å². The molecule has 1 saturated heterocycles. The third kappa shape index (κ3) is 4.74. The minimum atomic E-state index is -1.13. The summed E-state index contributed by atoms with van der Waals surface area (Å²) in [6, 6.07) is 13.0. The maximum Gasteiger partial charge on any atom is 0.217 e. The first kappa shape index (κ1) is 21.9. The summed E-state index contributed by atoms with van der Waals surface area (Å²) in [7, 11) is 1.94. The lowest BCUT2D eigenvalue weighted by Crippen LogP contribution is -2.35. The van der Waals surface area contributed by atoms with Gasteiger partial charge < -0.3 is 18.8 Å². The van der Waals surface area contributed by atoms with Gasteiger partial charge in [0.05, 0.1) is 23.7 Å². The molecule has 0 radical (unpaired) electrons. The molecule has 2 aromatic heterocycles. The van der Waals surface area contributed by atoms with Crippen LogP contribution in [0.4, 0.5) is 0 Å². The summed E-state index contributed by atoms with van der Waals surface area (Å²) in [6.45, 7) is 0.927. The number of aromatic nitrogens is 5. The molecule has 5 rings (SSSR count). The van der Waals surface area contributed by atoms with Crippen molar-refractivity contribution in [2.24, 2.45) is 7.05 Å². The van der Waals surface area contributed by atoms with E-state index in [0.717, 1.165) is 17.0 Å². The second-order valence-corrected chi connectivity index (χ2v) is 8.62. The smallest absolute Gasteiger partial charge is 0.217 e. The van der Waals surface area contributed by atoms with Crippen LogP contribution in [-0.4, -0.2) is 43.6 Å². The Labute approximate surface area is 200 Å². The normalized spacial score (nSPS) is 20.3. The van der Waals surface area contributed by atoms with Crippen molar-refractivity contribution in [2.75, 3.05) is 13.2 Å². The summed E-state index contributed by atoms with van der Waals surface area (Å²) in [5.41, 5.74) is 2.60. The van der Waals surface area contributed by atoms with Gasteiger partial charge in [-0.05, 0) is 36.4 Å². The molecule has 1 aliphatic rings. The van der Waals surface area contributed by atoms with Gasteiger partial charge in [0.1, 0.15) is 37.7 Å². The van der Waals surface area contributed by atoms with Crippen molar-refractivity contribution < 1.29 is 14.2 Å². The van der Waals surface area contributed by atoms with Gasteiger partial charge in [-0.1, -0.05) is 29.3 Å². The van der Waals surface area contributed by atoms with Crippen molar-refractivity contribution >= 4 is 23.2 Å². The van der Waals surface area contributed by atoms with Gasteiger partial charge in [0.25, 0.3) is 0 Å². The van der Waals surface area contributed by atoms with Gasteiger partial charge in [-0.15, -0.1) is 0 Å². The maximum absolute atomic E-state index is 6.50. The van der Waals surface area contributed by atoms with Gasteiger partial charge in [0.15, 0.2) is 0 Å². The summed E-state index contributed by atoms with van der Waals surface area (Å²) in [6.07, 6.45) is 6.49. The quantitative estimate of drug-likeness (QED) is 0.387. The highest BCUT2D eigenvalue weighted by molar-refractivity contribution is 6.35. The number of imidazole rings is 1. The second-order valence-electron chi connectivity index (χ2n) is 7.78. The molecule has 3 heterocycles. The molecule has 0 aliphatic carbocycles. The van der Waals surface area contributed by atoms with Gasteiger partial charge in [-0.3, -0.25) is 0 Å². The largest absolute Gasteiger partial charge is 0.491 e. The lowest BCUT2D eigenvalue weighted by molar-refractivity contribution is -0.190. The van der Waals surface area contributed by atoms with Crippen LogP contribution in [0.5, 0.6) is 5.75 Å². The first-order valence-corrected chi connectivity index (χ1v) is 11.1. The summed E-state index contributed by atoms with van der Waals surface area (Å²) in [5.74, 6) is -0.400.